The first kappa shape index (κ1) is 13.4. The Labute approximate surface area is 125 Å². The van der Waals surface area contributed by atoms with Crippen LogP contribution in [-0.4, -0.2) is 21.7 Å². The molecule has 0 aliphatic heterocycles. The minimum Gasteiger partial charge on any atom is -0.390 e. The van der Waals surface area contributed by atoms with Crippen LogP contribution in [0.5, 0.6) is 0 Å². The smallest absolute Gasteiger partial charge is 0.268 e. The lowest BCUT2D eigenvalue weighted by Crippen LogP contribution is -2.34. The van der Waals surface area contributed by atoms with Crippen molar-refractivity contribution >= 4 is 21.8 Å². The van der Waals surface area contributed by atoms with Gasteiger partial charge in [-0.05, 0) is 33.1 Å². The number of benzene rings is 1. The van der Waals surface area contributed by atoms with Gasteiger partial charge in [0.15, 0.2) is 0 Å². The molecule has 0 bridgehead atoms. The van der Waals surface area contributed by atoms with Crippen LogP contribution < -0.4 is 5.32 Å². The van der Waals surface area contributed by atoms with Crippen LogP contribution in [0, 0.1) is 0 Å². The summed E-state index contributed by atoms with van der Waals surface area (Å²) in [4.78, 5) is 12.3. The zero-order chi connectivity index (χ0) is 14.3. The average Bonchev–Trinajstić information content (AvgIpc) is 2.90. The fraction of sp³-hybridized carbons (Fsp3) is 0.267. The second-order valence-electron chi connectivity index (χ2n) is 5.08. The van der Waals surface area contributed by atoms with Gasteiger partial charge in [0.1, 0.15) is 5.69 Å². The molecule has 0 fully saturated rings. The molecule has 0 saturated heterocycles. The van der Waals surface area contributed by atoms with Crippen LogP contribution in [0.1, 0.15) is 27.7 Å². The van der Waals surface area contributed by atoms with E-state index in [0.717, 1.165) is 15.6 Å². The van der Waals surface area contributed by atoms with Gasteiger partial charge in [-0.15, -0.1) is 0 Å². The lowest BCUT2D eigenvalue weighted by Gasteiger charge is -2.18. The topological polar surface area (TPSA) is 54.3 Å². The number of aliphatic hydroxyl groups is 1. The average molecular weight is 335 g/mol. The number of nitrogens with zero attached hydrogens (tertiary/aromatic N) is 1. The molecule has 2 atom stereocenters. The number of hydrogen-bond donors (Lipinski definition) is 2. The Morgan fingerprint density at radius 2 is 2.20 bits per heavy atom. The third-order valence-corrected chi connectivity index (χ3v) is 4.13. The minimum absolute atomic E-state index is 0.182. The first-order valence-corrected chi connectivity index (χ1v) is 7.24. The third kappa shape index (κ3) is 2.27. The summed E-state index contributed by atoms with van der Waals surface area (Å²) >= 11 is 3.35. The molecule has 0 saturated carbocycles. The maximum absolute atomic E-state index is 12.3. The van der Waals surface area contributed by atoms with E-state index in [4.69, 9.17) is 0 Å². The monoisotopic (exact) mass is 334 g/mol. The summed E-state index contributed by atoms with van der Waals surface area (Å²) in [6.07, 6.45) is 1.84. The summed E-state index contributed by atoms with van der Waals surface area (Å²) in [7, 11) is 1.82. The highest BCUT2D eigenvalue weighted by molar-refractivity contribution is 9.10. The van der Waals surface area contributed by atoms with Crippen LogP contribution in [-0.2, 0) is 13.5 Å². The predicted octanol–water partition coefficient (Wildman–Crippen LogP) is 2.18. The zero-order valence-corrected chi connectivity index (χ0v) is 12.6. The van der Waals surface area contributed by atoms with Gasteiger partial charge in [0.05, 0.1) is 12.1 Å². The van der Waals surface area contributed by atoms with E-state index in [0.29, 0.717) is 12.1 Å². The highest BCUT2D eigenvalue weighted by Gasteiger charge is 2.32. The molecule has 1 amide bonds. The largest absolute Gasteiger partial charge is 0.390 e. The van der Waals surface area contributed by atoms with Crippen molar-refractivity contribution < 1.29 is 9.90 Å². The molecular weight excluding hydrogens is 320 g/mol. The van der Waals surface area contributed by atoms with Crippen LogP contribution in [0.4, 0.5) is 0 Å². The summed E-state index contributed by atoms with van der Waals surface area (Å²) in [5, 5.41) is 13.1. The fourth-order valence-corrected chi connectivity index (χ4v) is 3.24. The fourth-order valence-electron chi connectivity index (χ4n) is 2.71. The SMILES string of the molecule is Cn1cc(Br)cc1C(=O)NC1c2ccccc2CC1O. The molecule has 1 heterocycles. The van der Waals surface area contributed by atoms with Crippen molar-refractivity contribution in [1.29, 1.82) is 0 Å². The number of fused-ring (bicyclic) bond motifs is 1. The second-order valence-corrected chi connectivity index (χ2v) is 5.99. The van der Waals surface area contributed by atoms with Gasteiger partial charge in [0.25, 0.3) is 5.91 Å². The molecule has 2 N–H and O–H groups in total. The second kappa shape index (κ2) is 5.07. The van der Waals surface area contributed by atoms with E-state index in [1.54, 1.807) is 10.6 Å². The Bertz CT molecular complexity index is 666. The standard InChI is InChI=1S/C15H15BrN2O2/c1-18-8-10(16)7-12(18)15(20)17-14-11-5-3-2-4-9(11)6-13(14)19/h2-5,7-8,13-14,19H,6H2,1H3,(H,17,20). The quantitative estimate of drug-likeness (QED) is 0.884. The maximum atomic E-state index is 12.3. The van der Waals surface area contributed by atoms with Gasteiger partial charge in [0.2, 0.25) is 0 Å². The maximum Gasteiger partial charge on any atom is 0.268 e. The van der Waals surface area contributed by atoms with Gasteiger partial charge in [-0.2, -0.15) is 0 Å². The van der Waals surface area contributed by atoms with Crippen molar-refractivity contribution in [3.8, 4) is 0 Å². The number of nitrogens with one attached hydrogen (secondary N) is 1. The summed E-state index contributed by atoms with van der Waals surface area (Å²) in [5.74, 6) is -0.182. The van der Waals surface area contributed by atoms with Crippen molar-refractivity contribution in [2.75, 3.05) is 0 Å². The number of carbonyl (C=O) groups is 1. The van der Waals surface area contributed by atoms with Crippen molar-refractivity contribution in [3.63, 3.8) is 0 Å². The first-order chi connectivity index (χ1) is 9.56. The van der Waals surface area contributed by atoms with E-state index >= 15 is 0 Å². The number of carbonyl (C=O) groups excluding carboxylic acids is 1. The number of halogens is 1. The molecule has 1 aliphatic rings. The number of aromatic nitrogens is 1. The van der Waals surface area contributed by atoms with Crippen LogP contribution >= 0.6 is 15.9 Å². The van der Waals surface area contributed by atoms with Gasteiger partial charge in [-0.25, -0.2) is 0 Å². The Morgan fingerprint density at radius 1 is 1.45 bits per heavy atom. The third-order valence-electron chi connectivity index (χ3n) is 3.69. The number of hydrogen-bond acceptors (Lipinski definition) is 2. The van der Waals surface area contributed by atoms with E-state index in [1.807, 2.05) is 37.5 Å². The van der Waals surface area contributed by atoms with Crippen LogP contribution in [0.3, 0.4) is 0 Å². The van der Waals surface area contributed by atoms with Gasteiger partial charge in [-0.3, -0.25) is 4.79 Å². The molecule has 2 aromatic rings. The van der Waals surface area contributed by atoms with Gasteiger partial charge in [0, 0.05) is 24.1 Å². The highest BCUT2D eigenvalue weighted by atomic mass is 79.9. The van der Waals surface area contributed by atoms with Gasteiger partial charge >= 0.3 is 0 Å². The molecule has 0 spiro atoms. The molecule has 1 aliphatic carbocycles. The Balaban J connectivity index is 1.85. The highest BCUT2D eigenvalue weighted by Crippen LogP contribution is 2.31. The van der Waals surface area contributed by atoms with Crippen molar-refractivity contribution in [3.05, 3.63) is 57.8 Å². The zero-order valence-electron chi connectivity index (χ0n) is 11.0. The van der Waals surface area contributed by atoms with E-state index in [9.17, 15) is 9.90 Å². The number of aliphatic hydroxyl groups excluding tert-OH is 1. The molecule has 3 rings (SSSR count). The molecule has 104 valence electrons. The summed E-state index contributed by atoms with van der Waals surface area (Å²) in [5.41, 5.74) is 2.66. The Kier molecular flexibility index (Phi) is 3.40. The summed E-state index contributed by atoms with van der Waals surface area (Å²) < 4.78 is 2.62. The van der Waals surface area contributed by atoms with Crippen molar-refractivity contribution in [2.24, 2.45) is 7.05 Å². The molecule has 5 heteroatoms. The molecule has 1 aromatic carbocycles. The first-order valence-electron chi connectivity index (χ1n) is 6.45. The number of aryl methyl sites for hydroxylation is 1. The summed E-state index contributed by atoms with van der Waals surface area (Å²) in [6.45, 7) is 0. The number of amides is 1. The van der Waals surface area contributed by atoms with Crippen molar-refractivity contribution in [1.82, 2.24) is 9.88 Å². The molecule has 20 heavy (non-hydrogen) atoms. The Hall–Kier alpha value is -1.59. The summed E-state index contributed by atoms with van der Waals surface area (Å²) in [6, 6.07) is 9.25. The molecular formula is C15H15BrN2O2. The lowest BCUT2D eigenvalue weighted by molar-refractivity contribution is 0.0850. The molecule has 4 nitrogen and oxygen atoms in total. The van der Waals surface area contributed by atoms with Crippen LogP contribution in [0.2, 0.25) is 0 Å². The minimum atomic E-state index is -0.569. The van der Waals surface area contributed by atoms with E-state index < -0.39 is 6.10 Å². The van der Waals surface area contributed by atoms with Crippen LogP contribution in [0.15, 0.2) is 41.0 Å². The predicted molar refractivity (Wildman–Crippen MR) is 79.5 cm³/mol. The normalized spacial score (nSPS) is 20.8. The van der Waals surface area contributed by atoms with E-state index in [2.05, 4.69) is 21.2 Å². The molecule has 2 unspecified atom stereocenters. The van der Waals surface area contributed by atoms with Gasteiger partial charge in [-0.1, -0.05) is 24.3 Å². The van der Waals surface area contributed by atoms with Crippen molar-refractivity contribution in [2.45, 2.75) is 18.6 Å². The molecule has 0 radical (unpaired) electrons. The van der Waals surface area contributed by atoms with E-state index in [1.165, 1.54) is 0 Å². The van der Waals surface area contributed by atoms with Gasteiger partial charge < -0.3 is 15.0 Å². The lowest BCUT2D eigenvalue weighted by atomic mass is 10.1. The van der Waals surface area contributed by atoms with Crippen LogP contribution in [0.25, 0.3) is 0 Å². The number of rotatable bonds is 2. The molecule has 1 aromatic heterocycles. The van der Waals surface area contributed by atoms with E-state index in [-0.39, 0.29) is 11.9 Å². The Morgan fingerprint density at radius 3 is 2.90 bits per heavy atom.